The lowest BCUT2D eigenvalue weighted by Crippen LogP contribution is -2.41. The summed E-state index contributed by atoms with van der Waals surface area (Å²) in [6.07, 6.45) is 3.58. The van der Waals surface area contributed by atoms with Crippen molar-refractivity contribution < 1.29 is 4.79 Å². The number of nitrogens with one attached hydrogen (secondary N) is 1. The molecule has 1 aliphatic heterocycles. The fourth-order valence-electron chi connectivity index (χ4n) is 3.26. The summed E-state index contributed by atoms with van der Waals surface area (Å²) in [6.45, 7) is 8.44. The number of piperidine rings is 1. The number of nitrogens with zero attached hydrogens (tertiary/aromatic N) is 1. The number of benzene rings is 1. The summed E-state index contributed by atoms with van der Waals surface area (Å²) in [6, 6.07) is 9.61. The van der Waals surface area contributed by atoms with Crippen molar-refractivity contribution in [2.45, 2.75) is 39.2 Å². The van der Waals surface area contributed by atoms with E-state index in [4.69, 9.17) is 5.73 Å². The number of carbonyl (C=O) groups excluding carboxylic acids is 1. The Morgan fingerprint density at radius 2 is 1.84 bits per heavy atom. The average Bonchev–Trinajstić information content (AvgIpc) is 2.60. The average molecular weight is 390 g/mol. The van der Waals surface area contributed by atoms with Gasteiger partial charge in [0.1, 0.15) is 0 Å². The van der Waals surface area contributed by atoms with E-state index in [0.717, 1.165) is 25.2 Å². The summed E-state index contributed by atoms with van der Waals surface area (Å²) in [4.78, 5) is 14.9. The topological polar surface area (TPSA) is 58.4 Å². The van der Waals surface area contributed by atoms with Crippen LogP contribution in [0.15, 0.2) is 30.3 Å². The van der Waals surface area contributed by atoms with Crippen LogP contribution in [0.5, 0.6) is 0 Å². The number of hydrogen-bond donors (Lipinski definition) is 2. The van der Waals surface area contributed by atoms with Gasteiger partial charge < -0.3 is 16.0 Å². The number of rotatable bonds is 7. The van der Waals surface area contributed by atoms with Gasteiger partial charge in [0, 0.05) is 12.6 Å². The van der Waals surface area contributed by atoms with E-state index in [0.29, 0.717) is 5.92 Å². The number of amides is 1. The Labute approximate surface area is 164 Å². The van der Waals surface area contributed by atoms with Crippen molar-refractivity contribution in [3.05, 3.63) is 35.9 Å². The second-order valence-corrected chi connectivity index (χ2v) is 6.76. The third-order valence-electron chi connectivity index (χ3n) is 4.95. The highest BCUT2D eigenvalue weighted by molar-refractivity contribution is 5.85. The Balaban J connectivity index is 0.00000288. The van der Waals surface area contributed by atoms with Gasteiger partial charge in [0.15, 0.2) is 0 Å². The molecule has 1 aliphatic rings. The van der Waals surface area contributed by atoms with Crippen LogP contribution in [-0.2, 0) is 4.79 Å². The lowest BCUT2D eigenvalue weighted by molar-refractivity contribution is -0.125. The van der Waals surface area contributed by atoms with E-state index in [1.807, 2.05) is 37.3 Å². The Hall–Kier alpha value is -0.810. The first-order valence-corrected chi connectivity index (χ1v) is 8.92. The molecule has 6 heteroatoms. The molecule has 1 heterocycles. The Morgan fingerprint density at radius 1 is 1.24 bits per heavy atom. The lowest BCUT2D eigenvalue weighted by atomic mass is 9.93. The molecule has 2 rings (SSSR count). The number of halogens is 2. The van der Waals surface area contributed by atoms with Crippen LogP contribution in [0.1, 0.15) is 44.7 Å². The van der Waals surface area contributed by atoms with E-state index in [2.05, 4.69) is 17.1 Å². The van der Waals surface area contributed by atoms with Crippen LogP contribution < -0.4 is 11.1 Å². The SMILES string of the molecule is CCCN1CCC(CNC(=O)C(C)C(N)c2ccccc2)CC1.Cl.Cl. The molecular weight excluding hydrogens is 357 g/mol. The normalized spacial score (nSPS) is 17.7. The van der Waals surface area contributed by atoms with Crippen LogP contribution in [0.4, 0.5) is 0 Å². The van der Waals surface area contributed by atoms with E-state index in [1.54, 1.807) is 0 Å². The van der Waals surface area contributed by atoms with Crippen LogP contribution in [0.2, 0.25) is 0 Å². The van der Waals surface area contributed by atoms with Gasteiger partial charge in [0.25, 0.3) is 0 Å². The predicted octanol–water partition coefficient (Wildman–Crippen LogP) is 3.40. The van der Waals surface area contributed by atoms with Gasteiger partial charge in [-0.2, -0.15) is 0 Å². The fourth-order valence-corrected chi connectivity index (χ4v) is 3.26. The summed E-state index contributed by atoms with van der Waals surface area (Å²) in [5.74, 6) is 0.460. The fraction of sp³-hybridized carbons (Fsp3) is 0.632. The summed E-state index contributed by atoms with van der Waals surface area (Å²) in [7, 11) is 0. The van der Waals surface area contributed by atoms with Crippen molar-refractivity contribution >= 4 is 30.7 Å². The first kappa shape index (κ1) is 24.2. The van der Waals surface area contributed by atoms with Gasteiger partial charge in [-0.1, -0.05) is 44.2 Å². The second kappa shape index (κ2) is 12.5. The zero-order valence-electron chi connectivity index (χ0n) is 15.3. The lowest BCUT2D eigenvalue weighted by Gasteiger charge is -2.32. The van der Waals surface area contributed by atoms with Crippen molar-refractivity contribution in [3.63, 3.8) is 0 Å². The van der Waals surface area contributed by atoms with Crippen molar-refractivity contribution in [3.8, 4) is 0 Å². The largest absolute Gasteiger partial charge is 0.356 e. The predicted molar refractivity (Wildman–Crippen MR) is 109 cm³/mol. The minimum Gasteiger partial charge on any atom is -0.356 e. The standard InChI is InChI=1S/C19H31N3O.2ClH/c1-3-11-22-12-9-16(10-13-22)14-21-19(23)15(2)18(20)17-7-5-4-6-8-17;;/h4-8,15-16,18H,3,9-14,20H2,1-2H3,(H,21,23);2*1H. The van der Waals surface area contributed by atoms with Crippen molar-refractivity contribution in [2.24, 2.45) is 17.6 Å². The molecule has 25 heavy (non-hydrogen) atoms. The van der Waals surface area contributed by atoms with E-state index in [-0.39, 0.29) is 42.7 Å². The highest BCUT2D eigenvalue weighted by Gasteiger charge is 2.24. The highest BCUT2D eigenvalue weighted by atomic mass is 35.5. The molecular formula is C19H33Cl2N3O. The molecule has 0 spiro atoms. The van der Waals surface area contributed by atoms with Crippen LogP contribution in [-0.4, -0.2) is 37.0 Å². The van der Waals surface area contributed by atoms with Crippen LogP contribution >= 0.6 is 24.8 Å². The maximum absolute atomic E-state index is 12.4. The Bertz CT molecular complexity index is 479. The zero-order chi connectivity index (χ0) is 16.7. The highest BCUT2D eigenvalue weighted by Crippen LogP contribution is 2.20. The first-order valence-electron chi connectivity index (χ1n) is 8.92. The monoisotopic (exact) mass is 389 g/mol. The van der Waals surface area contributed by atoms with Crippen LogP contribution in [0, 0.1) is 11.8 Å². The molecule has 0 aromatic heterocycles. The number of carbonyl (C=O) groups is 1. The first-order chi connectivity index (χ1) is 11.1. The molecule has 0 saturated carbocycles. The molecule has 144 valence electrons. The Morgan fingerprint density at radius 3 is 2.40 bits per heavy atom. The number of nitrogens with two attached hydrogens (primary N) is 1. The molecule has 2 unspecified atom stereocenters. The third kappa shape index (κ3) is 7.53. The van der Waals surface area contributed by atoms with Gasteiger partial charge in [-0.15, -0.1) is 24.8 Å². The van der Waals surface area contributed by atoms with Crippen molar-refractivity contribution in [2.75, 3.05) is 26.2 Å². The van der Waals surface area contributed by atoms with Crippen molar-refractivity contribution in [1.82, 2.24) is 10.2 Å². The number of likely N-dealkylation sites (tertiary alicyclic amines) is 1. The summed E-state index contributed by atoms with van der Waals surface area (Å²) >= 11 is 0. The molecule has 1 amide bonds. The molecule has 0 aliphatic carbocycles. The summed E-state index contributed by atoms with van der Waals surface area (Å²) in [5.41, 5.74) is 7.25. The van der Waals surface area contributed by atoms with Crippen LogP contribution in [0.25, 0.3) is 0 Å². The molecule has 1 saturated heterocycles. The van der Waals surface area contributed by atoms with E-state index in [1.165, 1.54) is 25.8 Å². The third-order valence-corrected chi connectivity index (χ3v) is 4.95. The van der Waals surface area contributed by atoms with Gasteiger partial charge in [-0.3, -0.25) is 4.79 Å². The summed E-state index contributed by atoms with van der Waals surface area (Å²) < 4.78 is 0. The molecule has 1 fully saturated rings. The molecule has 1 aromatic rings. The van der Waals surface area contributed by atoms with E-state index >= 15 is 0 Å². The molecule has 0 bridgehead atoms. The molecule has 3 N–H and O–H groups in total. The van der Waals surface area contributed by atoms with Crippen LogP contribution in [0.3, 0.4) is 0 Å². The Kier molecular flexibility index (Phi) is 12.1. The number of hydrogen-bond acceptors (Lipinski definition) is 3. The quantitative estimate of drug-likeness (QED) is 0.750. The summed E-state index contributed by atoms with van der Waals surface area (Å²) in [5, 5.41) is 3.11. The molecule has 0 radical (unpaired) electrons. The maximum Gasteiger partial charge on any atom is 0.224 e. The van der Waals surface area contributed by atoms with Gasteiger partial charge in [-0.05, 0) is 50.4 Å². The van der Waals surface area contributed by atoms with Crippen molar-refractivity contribution in [1.29, 1.82) is 0 Å². The second-order valence-electron chi connectivity index (χ2n) is 6.76. The molecule has 4 nitrogen and oxygen atoms in total. The van der Waals surface area contributed by atoms with E-state index in [9.17, 15) is 4.79 Å². The minimum atomic E-state index is -0.248. The van der Waals surface area contributed by atoms with Gasteiger partial charge in [-0.25, -0.2) is 0 Å². The van der Waals surface area contributed by atoms with Gasteiger partial charge in [0.05, 0.1) is 5.92 Å². The van der Waals surface area contributed by atoms with Gasteiger partial charge >= 0.3 is 0 Å². The minimum absolute atomic E-state index is 0. The molecule has 1 aromatic carbocycles. The zero-order valence-corrected chi connectivity index (χ0v) is 17.0. The van der Waals surface area contributed by atoms with Gasteiger partial charge in [0.2, 0.25) is 5.91 Å². The molecule has 2 atom stereocenters. The van der Waals surface area contributed by atoms with E-state index < -0.39 is 0 Å². The maximum atomic E-state index is 12.4. The smallest absolute Gasteiger partial charge is 0.224 e.